The summed E-state index contributed by atoms with van der Waals surface area (Å²) in [5.74, 6) is -4.42. The van der Waals surface area contributed by atoms with Gasteiger partial charge in [0.1, 0.15) is 35.1 Å². The number of carbonyl (C=O) groups is 6. The van der Waals surface area contributed by atoms with E-state index in [4.69, 9.17) is 52.1 Å². The number of nitrogens with one attached hydrogen (secondary N) is 3. The van der Waals surface area contributed by atoms with E-state index in [0.717, 1.165) is 40.7 Å². The third-order valence-electron chi connectivity index (χ3n) is 38.0. The van der Waals surface area contributed by atoms with Gasteiger partial charge >= 0.3 is 36.2 Å². The predicted molar refractivity (Wildman–Crippen MR) is 525 cm³/mol. The highest BCUT2D eigenvalue weighted by atomic mass is 16.7. The first-order valence-corrected chi connectivity index (χ1v) is 52.0. The average molecular weight is 1950 g/mol. The number of fused-ring (bicyclic) bond motifs is 14. The van der Waals surface area contributed by atoms with Gasteiger partial charge in [-0.15, -0.1) is 0 Å². The van der Waals surface area contributed by atoms with Crippen LogP contribution in [-0.4, -0.2) is 234 Å². The van der Waals surface area contributed by atoms with Crippen LogP contribution in [0.15, 0.2) is 46.1 Å². The molecule has 0 aromatic rings. The van der Waals surface area contributed by atoms with Crippen LogP contribution in [0.4, 0.5) is 14.4 Å². The molecule has 10 fully saturated rings. The number of carbonyl (C=O) groups excluding carboxylic acids is 6. The maximum absolute atomic E-state index is 13.9. The van der Waals surface area contributed by atoms with E-state index in [0.29, 0.717) is 51.1 Å². The Morgan fingerprint density at radius 3 is 1.07 bits per heavy atom. The van der Waals surface area contributed by atoms with Crippen molar-refractivity contribution in [3.63, 3.8) is 0 Å². The van der Waals surface area contributed by atoms with Crippen molar-refractivity contribution in [2.75, 3.05) is 19.8 Å². The summed E-state index contributed by atoms with van der Waals surface area (Å²) < 4.78 is 66.4. The van der Waals surface area contributed by atoms with Crippen molar-refractivity contribution in [2.24, 2.45) is 132 Å². The summed E-state index contributed by atoms with van der Waals surface area (Å²) in [5, 5.41) is 106. The Labute approximate surface area is 825 Å². The summed E-state index contributed by atoms with van der Waals surface area (Å²) in [4.78, 5) is 79.3. The van der Waals surface area contributed by atoms with Gasteiger partial charge in [-0.25, -0.2) is 24.0 Å². The van der Waals surface area contributed by atoms with Gasteiger partial charge < -0.3 is 109 Å². The Morgan fingerprint density at radius 1 is 0.428 bits per heavy atom. The van der Waals surface area contributed by atoms with E-state index in [2.05, 4.69) is 133 Å². The molecule has 0 spiro atoms. The van der Waals surface area contributed by atoms with E-state index in [9.17, 15) is 69.6 Å². The molecule has 788 valence electrons. The maximum Gasteiger partial charge on any atom is 0.407 e. The molecule has 0 aromatic carbocycles. The summed E-state index contributed by atoms with van der Waals surface area (Å²) in [6.45, 7) is 81.2. The normalized spacial score (nSPS) is 42.5. The van der Waals surface area contributed by atoms with Gasteiger partial charge in [-0.3, -0.25) is 4.79 Å². The molecular weight excluding hydrogens is 1760 g/mol. The predicted octanol–water partition coefficient (Wildman–Crippen LogP) is 16.5. The van der Waals surface area contributed by atoms with Crippen LogP contribution in [0.25, 0.3) is 0 Å². The smallest absolute Gasteiger partial charge is 0.407 e. The van der Waals surface area contributed by atoms with Crippen molar-refractivity contribution in [1.82, 2.24) is 16.0 Å². The van der Waals surface area contributed by atoms with Crippen LogP contribution in [0, 0.1) is 132 Å². The fraction of sp³-hybridized carbons (Fsp3) is 0.873. The van der Waals surface area contributed by atoms with Crippen LogP contribution in [-0.2, 0) is 66.5 Å². The van der Waals surface area contributed by atoms with Gasteiger partial charge in [-0.05, 0) is 198 Å². The molecule has 0 radical (unpaired) electrons. The van der Waals surface area contributed by atoms with E-state index >= 15 is 0 Å². The summed E-state index contributed by atoms with van der Waals surface area (Å²) in [7, 11) is 0. The molecule has 28 nitrogen and oxygen atoms in total. The van der Waals surface area contributed by atoms with Crippen LogP contribution < -0.4 is 16.0 Å². The number of hydrogen-bond donors (Lipinski definition) is 11. The lowest BCUT2D eigenvalue weighted by Crippen LogP contribution is -2.77. The SMILES string of the molecule is C=CC1O[C@H]2C[C@H]3OC[C@@]3(C)[C@H]3[C@H](C)[C@]4(O)C[C@H](OC(=O)[C@H](O)[C@H](CC(C)C)NC(=O)OC(C)(C)C)C(C)=C([C@H](C)[C@H](O1)[C@]23C)C4(C)C.CC1=C2[C@H](C)[C@H](O)[C@@]3(C)[C@H]([C@H](C)[C@](O)(CC1OC(=O)C(C)[C@H](CC(C)C)NC(=O)OC(C)(C)C)C2(C)C)[C@]1(C)CO[C@@H]1C[C@@H]3C.CC1=C2[C@H](C)[C@H](O)[C@@]3(C)[C@H]([C@H](C)[C@](O)(C[C@@H]1OC(=O)[C@H](O)[C@H](CC(C)C)NC(=O)OC(C)(C)C)C2(C)C)[C@]1(C)CO[C@@H]1C[C@@H]3O. The van der Waals surface area contributed by atoms with Crippen LogP contribution in [0.3, 0.4) is 0 Å². The lowest BCUT2D eigenvalue weighted by atomic mass is 9.38. The molecule has 3 amide bonds. The highest BCUT2D eigenvalue weighted by molar-refractivity contribution is 5.79. The molecule has 11 N–H and O–H groups in total. The van der Waals surface area contributed by atoms with E-state index in [-0.39, 0.29) is 131 Å². The van der Waals surface area contributed by atoms with Gasteiger partial charge in [-0.2, -0.15) is 0 Å². The molecular formula is C110H183N3O25. The van der Waals surface area contributed by atoms with Gasteiger partial charge in [-0.1, -0.05) is 196 Å². The maximum atomic E-state index is 13.9. The van der Waals surface area contributed by atoms with E-state index in [1.54, 1.807) is 54.5 Å². The van der Waals surface area contributed by atoms with Crippen LogP contribution in [0.1, 0.15) is 321 Å². The van der Waals surface area contributed by atoms with E-state index in [1.807, 2.05) is 104 Å². The molecule has 9 aliphatic carbocycles. The van der Waals surface area contributed by atoms with E-state index < -0.39 is 193 Å². The average Bonchev–Trinajstić information content (AvgIpc) is 0.649. The van der Waals surface area contributed by atoms with E-state index in [1.165, 1.54) is 0 Å². The fourth-order valence-corrected chi connectivity index (χ4v) is 31.2. The lowest BCUT2D eigenvalue weighted by Gasteiger charge is -2.72. The van der Waals surface area contributed by atoms with Crippen molar-refractivity contribution >= 4 is 36.2 Å². The van der Waals surface area contributed by atoms with Crippen molar-refractivity contribution in [3.05, 3.63) is 46.1 Å². The lowest BCUT2D eigenvalue weighted by molar-refractivity contribution is -0.383. The minimum atomic E-state index is -1.67. The number of alkyl carbamates (subject to hydrolysis) is 3. The number of rotatable bonds is 19. The van der Waals surface area contributed by atoms with Gasteiger partial charge in [0.05, 0.1) is 103 Å². The highest BCUT2D eigenvalue weighted by Crippen LogP contribution is 2.74. The molecule has 4 aliphatic heterocycles. The molecule has 6 bridgehead atoms. The zero-order valence-corrected chi connectivity index (χ0v) is 91.2. The fourth-order valence-electron chi connectivity index (χ4n) is 31.2. The summed E-state index contributed by atoms with van der Waals surface area (Å²) in [6.07, 6.45) is -5.65. The molecule has 4 saturated heterocycles. The zero-order valence-electron chi connectivity index (χ0n) is 91.2. The molecule has 0 aromatic heterocycles. The standard InChI is InChI=1S/C38H61NO9.C37H63NO7.C35H59NO9/c1-14-27-46-26-16-25-36(12,18-44-25)30-22(6)38(43)17-24(20(4)28(35(38,10)11)21(5)31(47-27)37(26,30)13)45-32(41)29(40)23(15-19(2)3)39-33(42)48-34(7,8)9;1-19(2)15-25(38-32(41)45-33(8,9)10)21(4)31(40)44-26-17-37(42)24(7)29-35(13)18-43-27(35)16-20(3)36(29,14)30(39)23(6)28(22(26)5)34(37,11)12;1-17(2)13-21(36-30(41)45-31(6,7)8)26(38)29(40)44-22-15-35(42)20(5)27-33(11)16-43-24(33)14-23(37)34(27,12)28(39)19(4)25(18(22)3)32(35,9)10/h14,19,21-27,29-31,40,43H,1,15-18H2,2-13H3,(H,39,42);19-21,23-27,29-30,39,42H,15-18H2,1-14H3,(H,38,41);17,19-24,26-28,37-39,42H,13-16H2,1-12H3,(H,36,41)/t21-,22-,23-,24-,25+,26-,27?,29+,30+,31-,36+,37+,38+;20-,21?,23-,24-,25-,26?,27+,29+,30-,35+,36+,37+;19-,20-,21-,22-,23-,24+,26+,27+,28-,33+,34+,35+/m000/s1. The topological polar surface area (TPSA) is 402 Å². The number of esters is 3. The Hall–Kier alpha value is -5.34. The first-order chi connectivity index (χ1) is 62.9. The zero-order chi connectivity index (χ0) is 104. The minimum Gasteiger partial charge on any atom is -0.457 e. The molecule has 28 heteroatoms. The Kier molecular flexibility index (Phi) is 31.8. The van der Waals surface area contributed by atoms with Gasteiger partial charge in [0, 0.05) is 105 Å². The number of aliphatic hydroxyl groups is 8. The van der Waals surface area contributed by atoms with Crippen molar-refractivity contribution in [1.29, 1.82) is 0 Å². The van der Waals surface area contributed by atoms with Crippen LogP contribution >= 0.6 is 0 Å². The minimum absolute atomic E-state index is 0.00194. The van der Waals surface area contributed by atoms with Crippen LogP contribution in [0.2, 0.25) is 0 Å². The quantitative estimate of drug-likeness (QED) is 0.0325. The number of amides is 3. The van der Waals surface area contributed by atoms with Crippen molar-refractivity contribution < 1.29 is 122 Å². The summed E-state index contributed by atoms with van der Waals surface area (Å²) >= 11 is 0. The molecule has 3 unspecified atom stereocenters. The third-order valence-corrected chi connectivity index (χ3v) is 38.0. The van der Waals surface area contributed by atoms with Crippen molar-refractivity contribution in [3.8, 4) is 0 Å². The molecule has 13 rings (SSSR count). The van der Waals surface area contributed by atoms with Gasteiger partial charge in [0.15, 0.2) is 18.5 Å². The first kappa shape index (κ1) is 113. The summed E-state index contributed by atoms with van der Waals surface area (Å²) in [5.41, 5.74) is -5.54. The van der Waals surface area contributed by atoms with Gasteiger partial charge in [0.25, 0.3) is 0 Å². The molecule has 6 saturated carbocycles. The molecule has 138 heavy (non-hydrogen) atoms. The highest BCUT2D eigenvalue weighted by Gasteiger charge is 2.78. The molecule has 13 aliphatic rings. The largest absolute Gasteiger partial charge is 0.457 e. The van der Waals surface area contributed by atoms with Gasteiger partial charge in [0.2, 0.25) is 0 Å². The summed E-state index contributed by atoms with van der Waals surface area (Å²) in [6, 6.07) is -2.35. The second-order valence-corrected chi connectivity index (χ2v) is 52.6. The molecule has 4 heterocycles. The second-order valence-electron chi connectivity index (χ2n) is 52.6. The third kappa shape index (κ3) is 19.3. The first-order valence-electron chi connectivity index (χ1n) is 52.0. The number of hydrogen-bond acceptors (Lipinski definition) is 25. The van der Waals surface area contributed by atoms with Crippen molar-refractivity contribution in [2.45, 2.75) is 458 Å². The second kappa shape index (κ2) is 38.8. The Balaban J connectivity index is 0.000000199. The Morgan fingerprint density at radius 2 is 0.732 bits per heavy atom. The Bertz CT molecular complexity index is 4410. The monoisotopic (exact) mass is 1950 g/mol. The number of ether oxygens (including phenoxy) is 11. The molecule has 37 atom stereocenters. The van der Waals surface area contributed by atoms with Crippen LogP contribution in [0.5, 0.6) is 0 Å². The number of aliphatic hydroxyl groups excluding tert-OH is 5.